The number of fused-ring (bicyclic) bond motifs is 7. The minimum atomic E-state index is -0.0342. The number of aromatic nitrogens is 2. The van der Waals surface area contributed by atoms with E-state index < -0.39 is 0 Å². The Bertz CT molecular complexity index is 2450. The average molecular weight is 575 g/mol. The average Bonchev–Trinajstić information content (AvgIpc) is 3.33. The van der Waals surface area contributed by atoms with E-state index in [1.54, 1.807) is 0 Å². The zero-order valence-electron chi connectivity index (χ0n) is 25.3. The third-order valence-corrected chi connectivity index (χ3v) is 9.66. The van der Waals surface area contributed by atoms with Gasteiger partial charge in [0.15, 0.2) is 5.82 Å². The van der Waals surface area contributed by atoms with Crippen molar-refractivity contribution in [1.82, 2.24) is 9.97 Å². The zero-order valence-corrected chi connectivity index (χ0v) is 25.3. The summed E-state index contributed by atoms with van der Waals surface area (Å²) in [6.45, 7) is 4.64. The highest BCUT2D eigenvalue weighted by molar-refractivity contribution is 6.15. The molecule has 8 aromatic rings. The lowest BCUT2D eigenvalue weighted by molar-refractivity contribution is 0.660. The topological polar surface area (TPSA) is 25.8 Å². The van der Waals surface area contributed by atoms with E-state index in [0.29, 0.717) is 0 Å². The molecule has 1 aliphatic carbocycles. The molecule has 0 bridgehead atoms. The van der Waals surface area contributed by atoms with Crippen LogP contribution < -0.4 is 0 Å². The van der Waals surface area contributed by atoms with Gasteiger partial charge >= 0.3 is 0 Å². The summed E-state index contributed by atoms with van der Waals surface area (Å²) in [5, 5.41) is 7.43. The SMILES string of the molecule is CC1(C)c2ccccc2-c2cc(-c3cc(-c4cccc5c4ccc4cc6ccccc6cc45)nc(-c4ccccc4)n3)ccc21. The summed E-state index contributed by atoms with van der Waals surface area (Å²) in [6, 6.07) is 52.4. The fourth-order valence-corrected chi connectivity index (χ4v) is 7.33. The normalized spacial score (nSPS) is 13.3. The van der Waals surface area contributed by atoms with Crippen molar-refractivity contribution in [1.29, 1.82) is 0 Å². The lowest BCUT2D eigenvalue weighted by Gasteiger charge is -2.21. The molecule has 7 aromatic carbocycles. The lowest BCUT2D eigenvalue weighted by atomic mass is 9.82. The summed E-state index contributed by atoms with van der Waals surface area (Å²) in [4.78, 5) is 10.4. The summed E-state index contributed by atoms with van der Waals surface area (Å²) in [5.74, 6) is 0.730. The van der Waals surface area contributed by atoms with E-state index in [9.17, 15) is 0 Å². The molecule has 1 aromatic heterocycles. The number of benzene rings is 7. The van der Waals surface area contributed by atoms with Gasteiger partial charge in [0.2, 0.25) is 0 Å². The molecule has 0 spiro atoms. The van der Waals surface area contributed by atoms with Gasteiger partial charge < -0.3 is 0 Å². The summed E-state index contributed by atoms with van der Waals surface area (Å²) in [6.07, 6.45) is 0. The first-order valence-corrected chi connectivity index (χ1v) is 15.6. The van der Waals surface area contributed by atoms with Gasteiger partial charge in [-0.25, -0.2) is 9.97 Å². The Kier molecular flexibility index (Phi) is 5.58. The minimum absolute atomic E-state index is 0.0342. The minimum Gasteiger partial charge on any atom is -0.228 e. The van der Waals surface area contributed by atoms with Crippen LogP contribution in [0.5, 0.6) is 0 Å². The Morgan fingerprint density at radius 1 is 0.400 bits per heavy atom. The largest absolute Gasteiger partial charge is 0.228 e. The molecule has 45 heavy (non-hydrogen) atoms. The van der Waals surface area contributed by atoms with Crippen molar-refractivity contribution < 1.29 is 0 Å². The van der Waals surface area contributed by atoms with E-state index in [1.165, 1.54) is 54.6 Å². The van der Waals surface area contributed by atoms with Gasteiger partial charge in [0.1, 0.15) is 0 Å². The Labute approximate surface area is 262 Å². The highest BCUT2D eigenvalue weighted by atomic mass is 14.9. The maximum Gasteiger partial charge on any atom is 0.160 e. The second-order valence-electron chi connectivity index (χ2n) is 12.6. The van der Waals surface area contributed by atoms with Crippen LogP contribution in [0.15, 0.2) is 146 Å². The predicted octanol–water partition coefficient (Wildman–Crippen LogP) is 11.2. The maximum atomic E-state index is 5.20. The molecular weight excluding hydrogens is 544 g/mol. The molecule has 1 aliphatic rings. The fraction of sp³-hybridized carbons (Fsp3) is 0.0698. The molecule has 0 fully saturated rings. The van der Waals surface area contributed by atoms with E-state index in [4.69, 9.17) is 9.97 Å². The van der Waals surface area contributed by atoms with Gasteiger partial charge in [-0.15, -0.1) is 0 Å². The van der Waals surface area contributed by atoms with Crippen molar-refractivity contribution in [3.05, 3.63) is 157 Å². The van der Waals surface area contributed by atoms with Crippen LogP contribution in [0.3, 0.4) is 0 Å². The molecule has 0 unspecified atom stereocenters. The van der Waals surface area contributed by atoms with Crippen LogP contribution in [0.4, 0.5) is 0 Å². The molecule has 212 valence electrons. The second-order valence-corrected chi connectivity index (χ2v) is 12.6. The number of hydrogen-bond donors (Lipinski definition) is 0. The molecule has 2 heteroatoms. The summed E-state index contributed by atoms with van der Waals surface area (Å²) >= 11 is 0. The Morgan fingerprint density at radius 3 is 1.98 bits per heavy atom. The van der Waals surface area contributed by atoms with Gasteiger partial charge in [-0.2, -0.15) is 0 Å². The standard InChI is InChI=1S/C43H30N2/c1-43(2)38-18-9-8-15-34(38)37-25-31(20-22-39(37)43)40-26-41(45-42(44-40)27-11-4-3-5-12-27)35-17-10-16-32-33(35)21-19-30-23-28-13-6-7-14-29(28)24-36(30)32/h3-26H,1-2H3. The van der Waals surface area contributed by atoms with Crippen molar-refractivity contribution in [2.75, 3.05) is 0 Å². The Morgan fingerprint density at radius 2 is 1.11 bits per heavy atom. The first kappa shape index (κ1) is 25.9. The first-order chi connectivity index (χ1) is 22.0. The highest BCUT2D eigenvalue weighted by Gasteiger charge is 2.35. The Hall–Kier alpha value is -5.60. The quantitative estimate of drug-likeness (QED) is 0.155. The fourth-order valence-electron chi connectivity index (χ4n) is 7.33. The monoisotopic (exact) mass is 574 g/mol. The van der Waals surface area contributed by atoms with Crippen molar-refractivity contribution >= 4 is 32.3 Å². The maximum absolute atomic E-state index is 5.20. The lowest BCUT2D eigenvalue weighted by Crippen LogP contribution is -2.14. The van der Waals surface area contributed by atoms with Crippen LogP contribution in [-0.2, 0) is 5.41 Å². The smallest absolute Gasteiger partial charge is 0.160 e. The van der Waals surface area contributed by atoms with Crippen molar-refractivity contribution in [2.45, 2.75) is 19.3 Å². The second kappa shape index (κ2) is 9.70. The van der Waals surface area contributed by atoms with E-state index in [-0.39, 0.29) is 5.41 Å². The van der Waals surface area contributed by atoms with Gasteiger partial charge in [0.25, 0.3) is 0 Å². The molecular formula is C43H30N2. The summed E-state index contributed by atoms with van der Waals surface area (Å²) in [5.41, 5.74) is 10.4. The van der Waals surface area contributed by atoms with E-state index >= 15 is 0 Å². The molecule has 2 nitrogen and oxygen atoms in total. The van der Waals surface area contributed by atoms with Gasteiger partial charge in [0.05, 0.1) is 11.4 Å². The molecule has 0 atom stereocenters. The van der Waals surface area contributed by atoms with E-state index in [1.807, 2.05) is 18.2 Å². The molecule has 0 saturated heterocycles. The van der Waals surface area contributed by atoms with Crippen LogP contribution in [0.25, 0.3) is 77.3 Å². The zero-order chi connectivity index (χ0) is 30.1. The van der Waals surface area contributed by atoms with Crippen LogP contribution in [0.1, 0.15) is 25.0 Å². The van der Waals surface area contributed by atoms with Crippen LogP contribution in [-0.4, -0.2) is 9.97 Å². The number of nitrogens with zero attached hydrogens (tertiary/aromatic N) is 2. The van der Waals surface area contributed by atoms with Crippen LogP contribution in [0, 0.1) is 0 Å². The van der Waals surface area contributed by atoms with Crippen molar-refractivity contribution in [3.8, 4) is 45.0 Å². The molecule has 0 N–H and O–H groups in total. The third-order valence-electron chi connectivity index (χ3n) is 9.66. The van der Waals surface area contributed by atoms with Gasteiger partial charge in [-0.3, -0.25) is 0 Å². The van der Waals surface area contributed by atoms with Crippen molar-refractivity contribution in [3.63, 3.8) is 0 Å². The molecule has 1 heterocycles. The summed E-state index contributed by atoms with van der Waals surface area (Å²) < 4.78 is 0. The van der Waals surface area contributed by atoms with Crippen LogP contribution in [0.2, 0.25) is 0 Å². The van der Waals surface area contributed by atoms with Gasteiger partial charge in [-0.1, -0.05) is 135 Å². The molecule has 9 rings (SSSR count). The van der Waals surface area contributed by atoms with Gasteiger partial charge in [0, 0.05) is 22.1 Å². The summed E-state index contributed by atoms with van der Waals surface area (Å²) in [7, 11) is 0. The van der Waals surface area contributed by atoms with Crippen molar-refractivity contribution in [2.24, 2.45) is 0 Å². The predicted molar refractivity (Wildman–Crippen MR) is 188 cm³/mol. The van der Waals surface area contributed by atoms with E-state index in [0.717, 1.165) is 33.9 Å². The van der Waals surface area contributed by atoms with E-state index in [2.05, 4.69) is 141 Å². The number of rotatable bonds is 3. The first-order valence-electron chi connectivity index (χ1n) is 15.6. The molecule has 0 amide bonds. The highest BCUT2D eigenvalue weighted by Crippen LogP contribution is 2.49. The van der Waals surface area contributed by atoms with Gasteiger partial charge in [-0.05, 0) is 78.8 Å². The molecule has 0 radical (unpaired) electrons. The number of hydrogen-bond acceptors (Lipinski definition) is 2. The molecule has 0 aliphatic heterocycles. The Balaban J connectivity index is 1.27. The molecule has 0 saturated carbocycles. The third kappa shape index (κ3) is 4.03. The van der Waals surface area contributed by atoms with Crippen LogP contribution >= 0.6 is 0 Å².